The number of nitrogens with zero attached hydrogens (tertiary/aromatic N) is 1. The van der Waals surface area contributed by atoms with Crippen molar-refractivity contribution in [1.29, 1.82) is 0 Å². The van der Waals surface area contributed by atoms with Crippen LogP contribution >= 0.6 is 46.6 Å². The van der Waals surface area contributed by atoms with Crippen molar-refractivity contribution in [3.63, 3.8) is 0 Å². The number of halogens is 3. The fourth-order valence-electron chi connectivity index (χ4n) is 2.50. The summed E-state index contributed by atoms with van der Waals surface area (Å²) in [6.45, 7) is 1.87. The van der Waals surface area contributed by atoms with Crippen LogP contribution in [0.2, 0.25) is 15.1 Å². The van der Waals surface area contributed by atoms with Gasteiger partial charge in [-0.25, -0.2) is 8.42 Å². The molecule has 0 spiro atoms. The van der Waals surface area contributed by atoms with Gasteiger partial charge in [0.1, 0.15) is 6.54 Å². The van der Waals surface area contributed by atoms with E-state index in [-0.39, 0.29) is 12.5 Å². The molecule has 0 aromatic heterocycles. The molecule has 1 amide bonds. The summed E-state index contributed by atoms with van der Waals surface area (Å²) in [6.07, 6.45) is 1.06. The molecule has 0 atom stereocenters. The monoisotopic (exact) mass is 494 g/mol. The van der Waals surface area contributed by atoms with Crippen LogP contribution in [-0.2, 0) is 20.6 Å². The number of thioether (sulfide) groups is 1. The molecular weight excluding hydrogens is 475 g/mol. The molecule has 158 valence electrons. The van der Waals surface area contributed by atoms with Crippen LogP contribution in [0, 0.1) is 6.92 Å². The molecule has 10 heteroatoms. The van der Waals surface area contributed by atoms with Crippen LogP contribution in [-0.4, -0.2) is 39.4 Å². The van der Waals surface area contributed by atoms with Gasteiger partial charge in [0.05, 0.1) is 22.0 Å². The molecule has 0 aliphatic rings. The largest absolute Gasteiger partial charge is 0.354 e. The lowest BCUT2D eigenvalue weighted by Gasteiger charge is -2.23. The number of benzene rings is 2. The molecule has 0 bridgehead atoms. The van der Waals surface area contributed by atoms with Gasteiger partial charge in [-0.15, -0.1) is 0 Å². The summed E-state index contributed by atoms with van der Waals surface area (Å²) in [6, 6.07) is 10.4. The number of rotatable bonds is 9. The van der Waals surface area contributed by atoms with Crippen molar-refractivity contribution in [2.75, 3.05) is 29.4 Å². The number of carbonyl (C=O) groups excluding carboxylic acids is 1. The maximum absolute atomic E-state index is 12.3. The third-order valence-corrected chi connectivity index (χ3v) is 7.08. The quantitative estimate of drug-likeness (QED) is 0.509. The summed E-state index contributed by atoms with van der Waals surface area (Å²) < 4.78 is 25.4. The molecule has 0 heterocycles. The molecule has 0 saturated carbocycles. The van der Waals surface area contributed by atoms with Crippen molar-refractivity contribution in [3.05, 3.63) is 62.6 Å². The molecule has 5 nitrogen and oxygen atoms in total. The van der Waals surface area contributed by atoms with Crippen molar-refractivity contribution in [3.8, 4) is 0 Å². The van der Waals surface area contributed by atoms with E-state index in [0.29, 0.717) is 38.6 Å². The Morgan fingerprint density at radius 3 is 2.48 bits per heavy atom. The van der Waals surface area contributed by atoms with Crippen molar-refractivity contribution in [1.82, 2.24) is 5.32 Å². The Balaban J connectivity index is 1.87. The molecular formula is C19H21Cl3N2O3S2. The summed E-state index contributed by atoms with van der Waals surface area (Å²) in [5, 5.41) is 4.17. The van der Waals surface area contributed by atoms with Gasteiger partial charge in [-0.1, -0.05) is 46.9 Å². The van der Waals surface area contributed by atoms with Crippen LogP contribution < -0.4 is 9.62 Å². The number of hydrogen-bond acceptors (Lipinski definition) is 4. The summed E-state index contributed by atoms with van der Waals surface area (Å²) >= 11 is 19.5. The Labute approximate surface area is 190 Å². The molecule has 0 aliphatic heterocycles. The lowest BCUT2D eigenvalue weighted by atomic mass is 10.2. The normalized spacial score (nSPS) is 11.3. The van der Waals surface area contributed by atoms with E-state index in [4.69, 9.17) is 34.8 Å². The maximum Gasteiger partial charge on any atom is 0.240 e. The zero-order valence-electron chi connectivity index (χ0n) is 15.9. The fourth-order valence-corrected chi connectivity index (χ4v) is 4.70. The Bertz CT molecular complexity index is 985. The first-order chi connectivity index (χ1) is 13.6. The van der Waals surface area contributed by atoms with Crippen LogP contribution in [0.15, 0.2) is 36.4 Å². The van der Waals surface area contributed by atoms with E-state index in [2.05, 4.69) is 5.32 Å². The molecule has 2 aromatic carbocycles. The predicted octanol–water partition coefficient (Wildman–Crippen LogP) is 4.77. The van der Waals surface area contributed by atoms with Gasteiger partial charge in [-0.3, -0.25) is 9.10 Å². The number of sulfonamides is 1. The number of carbonyl (C=O) groups is 1. The zero-order chi connectivity index (χ0) is 21.6. The highest BCUT2D eigenvalue weighted by molar-refractivity contribution is 7.98. The molecule has 0 unspecified atom stereocenters. The lowest BCUT2D eigenvalue weighted by molar-refractivity contribution is -0.119. The second kappa shape index (κ2) is 10.8. The van der Waals surface area contributed by atoms with Gasteiger partial charge in [-0.05, 0) is 42.3 Å². The number of hydrogen-bond donors (Lipinski definition) is 1. The van der Waals surface area contributed by atoms with Crippen molar-refractivity contribution >= 4 is 68.2 Å². The number of aryl methyl sites for hydroxylation is 1. The number of nitrogens with one attached hydrogen (secondary N) is 1. The summed E-state index contributed by atoms with van der Waals surface area (Å²) in [7, 11) is -3.65. The van der Waals surface area contributed by atoms with Crippen LogP contribution in [0.25, 0.3) is 0 Å². The molecule has 0 radical (unpaired) electrons. The summed E-state index contributed by atoms with van der Waals surface area (Å²) in [5.41, 5.74) is 2.14. The van der Waals surface area contributed by atoms with Gasteiger partial charge in [0.15, 0.2) is 0 Å². The Morgan fingerprint density at radius 2 is 1.83 bits per heavy atom. The van der Waals surface area contributed by atoms with Gasteiger partial charge in [0, 0.05) is 23.1 Å². The predicted molar refractivity (Wildman–Crippen MR) is 124 cm³/mol. The van der Waals surface area contributed by atoms with Gasteiger partial charge < -0.3 is 5.32 Å². The van der Waals surface area contributed by atoms with E-state index in [1.165, 1.54) is 6.07 Å². The molecule has 0 saturated heterocycles. The minimum atomic E-state index is -3.65. The zero-order valence-corrected chi connectivity index (χ0v) is 19.8. The van der Waals surface area contributed by atoms with Gasteiger partial charge in [-0.2, -0.15) is 11.8 Å². The molecule has 2 rings (SSSR count). The fraction of sp³-hybridized carbons (Fsp3) is 0.316. The summed E-state index contributed by atoms with van der Waals surface area (Å²) in [5.74, 6) is 1.01. The topological polar surface area (TPSA) is 66.5 Å². The third-order valence-electron chi connectivity index (χ3n) is 3.95. The van der Waals surface area contributed by atoms with Crippen molar-refractivity contribution in [2.45, 2.75) is 12.7 Å². The maximum atomic E-state index is 12.3. The van der Waals surface area contributed by atoms with Crippen LogP contribution in [0.4, 0.5) is 5.69 Å². The highest BCUT2D eigenvalue weighted by atomic mass is 35.5. The SMILES string of the molecule is Cc1ccc(Cl)cc1N(CC(=O)NCCSCc1ccc(Cl)c(Cl)c1)S(C)(=O)=O. The molecule has 29 heavy (non-hydrogen) atoms. The van der Waals surface area contributed by atoms with E-state index in [0.717, 1.165) is 21.9 Å². The minimum Gasteiger partial charge on any atom is -0.354 e. The highest BCUT2D eigenvalue weighted by Crippen LogP contribution is 2.26. The first kappa shape index (κ1) is 24.2. The van der Waals surface area contributed by atoms with E-state index in [1.54, 1.807) is 36.9 Å². The van der Waals surface area contributed by atoms with E-state index in [9.17, 15) is 13.2 Å². The van der Waals surface area contributed by atoms with Gasteiger partial charge in [0.2, 0.25) is 15.9 Å². The molecule has 2 aromatic rings. The summed E-state index contributed by atoms with van der Waals surface area (Å²) in [4.78, 5) is 12.3. The first-order valence-corrected chi connectivity index (χ1v) is 12.7. The van der Waals surface area contributed by atoms with E-state index < -0.39 is 10.0 Å². The second-order valence-electron chi connectivity index (χ2n) is 6.35. The molecule has 0 fully saturated rings. The number of amides is 1. The van der Waals surface area contributed by atoms with E-state index >= 15 is 0 Å². The number of anilines is 1. The smallest absolute Gasteiger partial charge is 0.240 e. The van der Waals surface area contributed by atoms with Crippen molar-refractivity contribution < 1.29 is 13.2 Å². The average molecular weight is 496 g/mol. The lowest BCUT2D eigenvalue weighted by Crippen LogP contribution is -2.41. The highest BCUT2D eigenvalue weighted by Gasteiger charge is 2.22. The standard InChI is InChI=1S/C19H21Cl3N2O3S2/c1-13-3-5-15(20)10-18(13)24(29(2,26)27)11-19(25)23-7-8-28-12-14-4-6-16(21)17(22)9-14/h3-6,9-10H,7-8,11-12H2,1-2H3,(H,23,25). The Kier molecular flexibility index (Phi) is 8.97. The Morgan fingerprint density at radius 1 is 1.10 bits per heavy atom. The third kappa shape index (κ3) is 7.57. The Hall–Kier alpha value is -1.12. The average Bonchev–Trinajstić information content (AvgIpc) is 2.63. The first-order valence-electron chi connectivity index (χ1n) is 8.60. The molecule has 1 N–H and O–H groups in total. The van der Waals surface area contributed by atoms with Crippen LogP contribution in [0.3, 0.4) is 0 Å². The van der Waals surface area contributed by atoms with Gasteiger partial charge in [0.25, 0.3) is 0 Å². The van der Waals surface area contributed by atoms with Crippen LogP contribution in [0.1, 0.15) is 11.1 Å². The van der Waals surface area contributed by atoms with Crippen LogP contribution in [0.5, 0.6) is 0 Å². The van der Waals surface area contributed by atoms with Gasteiger partial charge >= 0.3 is 0 Å². The van der Waals surface area contributed by atoms with E-state index in [1.807, 2.05) is 12.1 Å². The minimum absolute atomic E-state index is 0.308. The molecule has 0 aliphatic carbocycles. The van der Waals surface area contributed by atoms with Crippen molar-refractivity contribution in [2.24, 2.45) is 0 Å². The second-order valence-corrected chi connectivity index (χ2v) is 10.6.